The molecule has 0 aliphatic rings. The van der Waals surface area contributed by atoms with E-state index < -0.39 is 0 Å². The van der Waals surface area contributed by atoms with E-state index in [9.17, 15) is 0 Å². The van der Waals surface area contributed by atoms with Gasteiger partial charge < -0.3 is 9.84 Å². The van der Waals surface area contributed by atoms with Gasteiger partial charge in [0.15, 0.2) is 0 Å². The maximum Gasteiger partial charge on any atom is 0.130 e. The van der Waals surface area contributed by atoms with Crippen LogP contribution >= 0.6 is 0 Å². The van der Waals surface area contributed by atoms with Gasteiger partial charge in [0, 0.05) is 6.04 Å². The van der Waals surface area contributed by atoms with Crippen molar-refractivity contribution in [3.63, 3.8) is 0 Å². The van der Waals surface area contributed by atoms with Gasteiger partial charge in [-0.3, -0.25) is 5.32 Å². The molecule has 0 spiro atoms. The molecule has 92 valence electrons. The Morgan fingerprint density at radius 1 is 1.35 bits per heavy atom. The zero-order chi connectivity index (χ0) is 12.7. The van der Waals surface area contributed by atoms with Crippen molar-refractivity contribution in [2.24, 2.45) is 0 Å². The molecule has 1 unspecified atom stereocenters. The normalized spacial score (nSPS) is 12.2. The highest BCUT2D eigenvalue weighted by Gasteiger charge is 2.09. The summed E-state index contributed by atoms with van der Waals surface area (Å²) in [6, 6.07) is 9.26. The molecule has 0 saturated carbocycles. The zero-order valence-corrected chi connectivity index (χ0v) is 10.2. The molecule has 0 amide bonds. The molecule has 4 heteroatoms. The van der Waals surface area contributed by atoms with Gasteiger partial charge in [0.25, 0.3) is 0 Å². The molecule has 2 N–H and O–H groups in total. The second kappa shape index (κ2) is 6.89. The van der Waals surface area contributed by atoms with Crippen LogP contribution < -0.4 is 10.1 Å². The summed E-state index contributed by atoms with van der Waals surface area (Å²) in [6.45, 7) is 4.31. The second-order valence-electron chi connectivity index (χ2n) is 4.12. The van der Waals surface area contributed by atoms with E-state index in [2.05, 4.69) is 11.4 Å². The fourth-order valence-electron chi connectivity index (χ4n) is 1.40. The van der Waals surface area contributed by atoms with E-state index in [0.717, 1.165) is 5.56 Å². The molecular weight excluding hydrogens is 216 g/mol. The number of hydrogen-bond donors (Lipinski definition) is 2. The molecule has 1 aromatic rings. The molecule has 0 radical (unpaired) electrons. The van der Waals surface area contributed by atoms with Crippen LogP contribution in [0.15, 0.2) is 24.3 Å². The summed E-state index contributed by atoms with van der Waals surface area (Å²) in [4.78, 5) is 0. The Morgan fingerprint density at radius 2 is 2.00 bits per heavy atom. The molecule has 0 fully saturated rings. The number of nitrogens with zero attached hydrogens (tertiary/aromatic N) is 1. The van der Waals surface area contributed by atoms with Crippen molar-refractivity contribution in [1.82, 2.24) is 5.32 Å². The number of hydrogen-bond acceptors (Lipinski definition) is 4. The summed E-state index contributed by atoms with van der Waals surface area (Å²) in [5.74, 6) is 0.702. The lowest BCUT2D eigenvalue weighted by molar-refractivity contribution is 0.277. The molecule has 1 aromatic carbocycles. The lowest BCUT2D eigenvalue weighted by Gasteiger charge is -2.15. The number of ether oxygens (including phenoxy) is 1. The Morgan fingerprint density at radius 3 is 2.47 bits per heavy atom. The number of aliphatic hydroxyl groups excluding tert-OH is 1. The standard InChI is InChI=1S/C13H18N2O2/c1-10(2)15-12(7-14)9-17-13-5-3-11(8-16)4-6-13/h3-6,10,12,15-16H,8-9H2,1-2H3. The van der Waals surface area contributed by atoms with Gasteiger partial charge >= 0.3 is 0 Å². The Hall–Kier alpha value is -1.57. The van der Waals surface area contributed by atoms with Gasteiger partial charge in [-0.2, -0.15) is 5.26 Å². The number of nitriles is 1. The maximum atomic E-state index is 8.91. The van der Waals surface area contributed by atoms with E-state index in [1.165, 1.54) is 0 Å². The predicted octanol–water partition coefficient (Wildman–Crippen LogP) is 1.45. The summed E-state index contributed by atoms with van der Waals surface area (Å²) in [5, 5.41) is 20.9. The first-order valence-corrected chi connectivity index (χ1v) is 5.64. The van der Waals surface area contributed by atoms with Gasteiger partial charge in [-0.25, -0.2) is 0 Å². The average Bonchev–Trinajstić information content (AvgIpc) is 2.34. The molecular formula is C13H18N2O2. The third-order valence-electron chi connectivity index (χ3n) is 2.21. The molecule has 0 aliphatic carbocycles. The molecule has 4 nitrogen and oxygen atoms in total. The van der Waals surface area contributed by atoms with E-state index in [1.807, 2.05) is 13.8 Å². The molecule has 0 saturated heterocycles. The maximum absolute atomic E-state index is 8.91. The van der Waals surface area contributed by atoms with Crippen LogP contribution in [0.25, 0.3) is 0 Å². The number of nitrogens with one attached hydrogen (secondary N) is 1. The third-order valence-corrected chi connectivity index (χ3v) is 2.21. The Labute approximate surface area is 102 Å². The van der Waals surface area contributed by atoms with E-state index in [-0.39, 0.29) is 18.7 Å². The van der Waals surface area contributed by atoms with Gasteiger partial charge in [-0.15, -0.1) is 0 Å². The average molecular weight is 234 g/mol. The van der Waals surface area contributed by atoms with Crippen molar-refractivity contribution in [2.75, 3.05) is 6.61 Å². The highest BCUT2D eigenvalue weighted by molar-refractivity contribution is 5.26. The van der Waals surface area contributed by atoms with Crippen molar-refractivity contribution in [2.45, 2.75) is 32.5 Å². The van der Waals surface area contributed by atoms with Crippen LogP contribution in [0.2, 0.25) is 0 Å². The van der Waals surface area contributed by atoms with Gasteiger partial charge in [0.2, 0.25) is 0 Å². The molecule has 0 aliphatic heterocycles. The number of rotatable bonds is 6. The van der Waals surface area contributed by atoms with E-state index >= 15 is 0 Å². The van der Waals surface area contributed by atoms with Crippen molar-refractivity contribution in [3.05, 3.63) is 29.8 Å². The number of aliphatic hydroxyl groups is 1. The molecule has 0 heterocycles. The molecule has 17 heavy (non-hydrogen) atoms. The highest BCUT2D eigenvalue weighted by atomic mass is 16.5. The van der Waals surface area contributed by atoms with Crippen LogP contribution in [0.3, 0.4) is 0 Å². The molecule has 0 aromatic heterocycles. The zero-order valence-electron chi connectivity index (χ0n) is 10.2. The molecule has 0 bridgehead atoms. The number of benzene rings is 1. The van der Waals surface area contributed by atoms with E-state index in [0.29, 0.717) is 12.4 Å². The topological polar surface area (TPSA) is 65.3 Å². The van der Waals surface area contributed by atoms with Crippen LogP contribution in [-0.2, 0) is 6.61 Å². The third kappa shape index (κ3) is 4.85. The van der Waals surface area contributed by atoms with Crippen LogP contribution in [0.5, 0.6) is 5.75 Å². The van der Waals surface area contributed by atoms with Crippen molar-refractivity contribution >= 4 is 0 Å². The van der Waals surface area contributed by atoms with Gasteiger partial charge in [0.1, 0.15) is 18.4 Å². The summed E-state index contributed by atoms with van der Waals surface area (Å²) in [7, 11) is 0. The van der Waals surface area contributed by atoms with Gasteiger partial charge in [-0.1, -0.05) is 12.1 Å². The van der Waals surface area contributed by atoms with Crippen LogP contribution in [0, 0.1) is 11.3 Å². The SMILES string of the molecule is CC(C)NC(C#N)COc1ccc(CO)cc1. The second-order valence-corrected chi connectivity index (χ2v) is 4.12. The smallest absolute Gasteiger partial charge is 0.130 e. The monoisotopic (exact) mass is 234 g/mol. The first-order chi connectivity index (χ1) is 8.15. The molecule has 1 rings (SSSR count). The quantitative estimate of drug-likeness (QED) is 0.782. The van der Waals surface area contributed by atoms with Gasteiger partial charge in [-0.05, 0) is 31.5 Å². The Kier molecular flexibility index (Phi) is 5.47. The fraction of sp³-hybridized carbons (Fsp3) is 0.462. The lowest BCUT2D eigenvalue weighted by Crippen LogP contribution is -2.37. The van der Waals surface area contributed by atoms with Crippen molar-refractivity contribution in [1.29, 1.82) is 5.26 Å². The first kappa shape index (κ1) is 13.5. The minimum absolute atomic E-state index is 0.0238. The van der Waals surface area contributed by atoms with Gasteiger partial charge in [0.05, 0.1) is 12.7 Å². The fourth-order valence-corrected chi connectivity index (χ4v) is 1.40. The minimum atomic E-state index is -0.312. The largest absolute Gasteiger partial charge is 0.491 e. The van der Waals surface area contributed by atoms with Crippen LogP contribution in [0.1, 0.15) is 19.4 Å². The summed E-state index contributed by atoms with van der Waals surface area (Å²) in [6.07, 6.45) is 0. The van der Waals surface area contributed by atoms with Crippen LogP contribution in [0.4, 0.5) is 0 Å². The Balaban J connectivity index is 2.45. The highest BCUT2D eigenvalue weighted by Crippen LogP contribution is 2.12. The van der Waals surface area contributed by atoms with E-state index in [1.54, 1.807) is 24.3 Å². The van der Waals surface area contributed by atoms with Crippen molar-refractivity contribution < 1.29 is 9.84 Å². The summed E-state index contributed by atoms with van der Waals surface area (Å²) in [5.41, 5.74) is 0.842. The summed E-state index contributed by atoms with van der Waals surface area (Å²) >= 11 is 0. The first-order valence-electron chi connectivity index (χ1n) is 5.64. The van der Waals surface area contributed by atoms with E-state index in [4.69, 9.17) is 15.1 Å². The summed E-state index contributed by atoms with van der Waals surface area (Å²) < 4.78 is 5.49. The Bertz CT molecular complexity index is 368. The van der Waals surface area contributed by atoms with Crippen LogP contribution in [-0.4, -0.2) is 23.8 Å². The predicted molar refractivity (Wildman–Crippen MR) is 65.5 cm³/mol. The lowest BCUT2D eigenvalue weighted by atomic mass is 10.2. The minimum Gasteiger partial charge on any atom is -0.491 e. The molecule has 1 atom stereocenters. The van der Waals surface area contributed by atoms with Crippen molar-refractivity contribution in [3.8, 4) is 11.8 Å².